The third-order valence-corrected chi connectivity index (χ3v) is 0.946. The van der Waals surface area contributed by atoms with Crippen molar-refractivity contribution in [1.82, 2.24) is 0 Å². The minimum absolute atomic E-state index is 0.431. The maximum absolute atomic E-state index is 8.85. The molecule has 0 fully saturated rings. The van der Waals surface area contributed by atoms with Gasteiger partial charge < -0.3 is 10.2 Å². The molecule has 0 aromatic heterocycles. The van der Waals surface area contributed by atoms with E-state index in [1.165, 1.54) is 0 Å². The fraction of sp³-hybridized carbons (Fsp3) is 0.500. The van der Waals surface area contributed by atoms with Gasteiger partial charge in [-0.25, -0.2) is 0 Å². The maximum Gasteiger partial charge on any atom is 0.112 e. The summed E-state index contributed by atoms with van der Waals surface area (Å²) < 4.78 is 0. The zero-order valence-electron chi connectivity index (χ0n) is 6.26. The summed E-state index contributed by atoms with van der Waals surface area (Å²) in [6.07, 6.45) is -1.28. The summed E-state index contributed by atoms with van der Waals surface area (Å²) in [5.74, 6) is 5.01. The highest BCUT2D eigenvalue weighted by Gasteiger charge is 1.95. The number of hydrogen-bond donors (Lipinski definition) is 2. The van der Waals surface area contributed by atoms with E-state index in [1.54, 1.807) is 13.8 Å². The van der Waals surface area contributed by atoms with Gasteiger partial charge in [-0.15, -0.1) is 0 Å². The van der Waals surface area contributed by atoms with Crippen LogP contribution in [0, 0.1) is 11.8 Å². The van der Waals surface area contributed by atoms with Crippen molar-refractivity contribution in [2.45, 2.75) is 26.1 Å². The minimum atomic E-state index is -0.657. The molecule has 0 bridgehead atoms. The standard InChI is InChI=1S/C8H12O2/c1-6(8(3)10)4-5-7(2)9/h7-10H,1H2,2-3H3. The second-order valence-corrected chi connectivity index (χ2v) is 2.15. The van der Waals surface area contributed by atoms with Crippen LogP contribution in [0.4, 0.5) is 0 Å². The summed E-state index contributed by atoms with van der Waals surface area (Å²) in [4.78, 5) is 0. The van der Waals surface area contributed by atoms with Gasteiger partial charge >= 0.3 is 0 Å². The molecule has 0 saturated heterocycles. The Bertz CT molecular complexity index is 169. The van der Waals surface area contributed by atoms with Crippen molar-refractivity contribution >= 4 is 0 Å². The van der Waals surface area contributed by atoms with Gasteiger partial charge in [0.25, 0.3) is 0 Å². The highest BCUT2D eigenvalue weighted by Crippen LogP contribution is 1.94. The smallest absolute Gasteiger partial charge is 0.112 e. The molecule has 0 saturated carbocycles. The highest BCUT2D eigenvalue weighted by atomic mass is 16.3. The van der Waals surface area contributed by atoms with Gasteiger partial charge in [0.05, 0.1) is 6.10 Å². The molecule has 2 atom stereocenters. The van der Waals surface area contributed by atoms with Crippen LogP contribution >= 0.6 is 0 Å². The lowest BCUT2D eigenvalue weighted by molar-refractivity contribution is 0.236. The third kappa shape index (κ3) is 4.13. The molecule has 0 heterocycles. The third-order valence-electron chi connectivity index (χ3n) is 0.946. The molecule has 0 amide bonds. The molecule has 0 rings (SSSR count). The summed E-state index contributed by atoms with van der Waals surface area (Å²) in [5, 5.41) is 17.5. The Kier molecular flexibility index (Phi) is 3.78. The van der Waals surface area contributed by atoms with Gasteiger partial charge in [0.15, 0.2) is 0 Å². The van der Waals surface area contributed by atoms with E-state index in [9.17, 15) is 0 Å². The summed E-state index contributed by atoms with van der Waals surface area (Å²) in [6, 6.07) is 0. The van der Waals surface area contributed by atoms with Crippen LogP contribution in [0.2, 0.25) is 0 Å². The monoisotopic (exact) mass is 140 g/mol. The van der Waals surface area contributed by atoms with Gasteiger partial charge in [-0.05, 0) is 13.8 Å². The number of hydrogen-bond acceptors (Lipinski definition) is 2. The van der Waals surface area contributed by atoms with E-state index >= 15 is 0 Å². The average Bonchev–Trinajstić information content (AvgIpc) is 1.82. The van der Waals surface area contributed by atoms with Crippen molar-refractivity contribution in [3.63, 3.8) is 0 Å². The summed E-state index contributed by atoms with van der Waals surface area (Å²) in [5.41, 5.74) is 0.431. The zero-order valence-corrected chi connectivity index (χ0v) is 6.26. The first-order chi connectivity index (χ1) is 4.54. The van der Waals surface area contributed by atoms with Crippen molar-refractivity contribution in [2.24, 2.45) is 0 Å². The van der Waals surface area contributed by atoms with E-state index in [0.29, 0.717) is 5.57 Å². The minimum Gasteiger partial charge on any atom is -0.388 e. The van der Waals surface area contributed by atoms with Gasteiger partial charge in [0, 0.05) is 5.57 Å². The number of aliphatic hydroxyl groups excluding tert-OH is 2. The average molecular weight is 140 g/mol. The molecule has 0 aliphatic carbocycles. The van der Waals surface area contributed by atoms with Crippen LogP contribution in [-0.2, 0) is 0 Å². The van der Waals surface area contributed by atoms with Gasteiger partial charge in [0.1, 0.15) is 6.10 Å². The predicted octanol–water partition coefficient (Wildman–Crippen LogP) is 0.308. The molecule has 0 aromatic rings. The van der Waals surface area contributed by atoms with Crippen LogP contribution in [0.1, 0.15) is 13.8 Å². The van der Waals surface area contributed by atoms with Gasteiger partial charge in [-0.2, -0.15) is 0 Å². The van der Waals surface area contributed by atoms with Crippen molar-refractivity contribution in [2.75, 3.05) is 0 Å². The van der Waals surface area contributed by atoms with Crippen LogP contribution in [0.5, 0.6) is 0 Å². The van der Waals surface area contributed by atoms with E-state index in [1.807, 2.05) is 0 Å². The fourth-order valence-corrected chi connectivity index (χ4v) is 0.302. The summed E-state index contributed by atoms with van der Waals surface area (Å²) in [6.45, 7) is 6.63. The Morgan fingerprint density at radius 2 is 1.90 bits per heavy atom. The number of aliphatic hydroxyl groups is 2. The summed E-state index contributed by atoms with van der Waals surface area (Å²) in [7, 11) is 0. The molecule has 2 N–H and O–H groups in total. The molecule has 0 aromatic carbocycles. The van der Waals surface area contributed by atoms with E-state index in [4.69, 9.17) is 10.2 Å². The molecule has 2 nitrogen and oxygen atoms in total. The topological polar surface area (TPSA) is 40.5 Å². The van der Waals surface area contributed by atoms with E-state index in [2.05, 4.69) is 18.4 Å². The van der Waals surface area contributed by atoms with Crippen LogP contribution < -0.4 is 0 Å². The Morgan fingerprint density at radius 3 is 2.20 bits per heavy atom. The Morgan fingerprint density at radius 1 is 1.40 bits per heavy atom. The van der Waals surface area contributed by atoms with Crippen LogP contribution in [0.3, 0.4) is 0 Å². The summed E-state index contributed by atoms with van der Waals surface area (Å²) >= 11 is 0. The molecule has 0 aliphatic rings. The SMILES string of the molecule is C=C(C#CC(C)O)C(C)O. The van der Waals surface area contributed by atoms with E-state index < -0.39 is 12.2 Å². The Labute approximate surface area is 61.2 Å². The van der Waals surface area contributed by atoms with Gasteiger partial charge in [-0.3, -0.25) is 0 Å². The molecule has 56 valence electrons. The lowest BCUT2D eigenvalue weighted by Gasteiger charge is -1.98. The molecule has 10 heavy (non-hydrogen) atoms. The van der Waals surface area contributed by atoms with E-state index in [0.717, 1.165) is 0 Å². The van der Waals surface area contributed by atoms with Crippen molar-refractivity contribution in [1.29, 1.82) is 0 Å². The van der Waals surface area contributed by atoms with Crippen molar-refractivity contribution in [3.8, 4) is 11.8 Å². The lowest BCUT2D eigenvalue weighted by Crippen LogP contribution is -2.02. The fourth-order valence-electron chi connectivity index (χ4n) is 0.302. The van der Waals surface area contributed by atoms with Crippen molar-refractivity contribution in [3.05, 3.63) is 12.2 Å². The highest BCUT2D eigenvalue weighted by molar-refractivity contribution is 5.29. The molecule has 0 spiro atoms. The molecule has 0 radical (unpaired) electrons. The van der Waals surface area contributed by atoms with Gasteiger partial charge in [-0.1, -0.05) is 18.4 Å². The lowest BCUT2D eigenvalue weighted by atomic mass is 10.2. The van der Waals surface area contributed by atoms with Crippen molar-refractivity contribution < 1.29 is 10.2 Å². The second-order valence-electron chi connectivity index (χ2n) is 2.15. The zero-order chi connectivity index (χ0) is 8.15. The first-order valence-electron chi connectivity index (χ1n) is 3.10. The number of rotatable bonds is 1. The molecule has 2 unspecified atom stereocenters. The maximum atomic E-state index is 8.85. The first kappa shape index (κ1) is 9.22. The normalized spacial score (nSPS) is 14.8. The predicted molar refractivity (Wildman–Crippen MR) is 40.3 cm³/mol. The first-order valence-corrected chi connectivity index (χ1v) is 3.10. The van der Waals surface area contributed by atoms with Crippen LogP contribution in [0.15, 0.2) is 12.2 Å². The molecule has 0 aliphatic heterocycles. The Balaban J connectivity index is 3.93. The van der Waals surface area contributed by atoms with E-state index in [-0.39, 0.29) is 0 Å². The Hall–Kier alpha value is -0.780. The molecular formula is C8H12O2. The van der Waals surface area contributed by atoms with Crippen LogP contribution in [0.25, 0.3) is 0 Å². The van der Waals surface area contributed by atoms with Gasteiger partial charge in [0.2, 0.25) is 0 Å². The quantitative estimate of drug-likeness (QED) is 0.514. The van der Waals surface area contributed by atoms with Crippen LogP contribution in [-0.4, -0.2) is 22.4 Å². The second kappa shape index (κ2) is 4.10. The largest absolute Gasteiger partial charge is 0.388 e. The molecular weight excluding hydrogens is 128 g/mol. The molecule has 2 heteroatoms.